The van der Waals surface area contributed by atoms with Gasteiger partial charge in [-0.2, -0.15) is 5.10 Å². The standard InChI is InChI=1S/C19H19ClN4S/c1-13-7-3-6-10-17(13)21-19(25)22-18-11-14(2)24(23-18)12-15-8-4-5-9-16(15)20/h3-11H,12H2,1-2H3,(H2,21,22,23,25). The predicted molar refractivity (Wildman–Crippen MR) is 109 cm³/mol. The van der Waals surface area contributed by atoms with Crippen molar-refractivity contribution in [1.82, 2.24) is 9.78 Å². The molecular weight excluding hydrogens is 352 g/mol. The quantitative estimate of drug-likeness (QED) is 0.633. The van der Waals surface area contributed by atoms with Crippen molar-refractivity contribution in [2.24, 2.45) is 0 Å². The van der Waals surface area contributed by atoms with E-state index in [1.165, 1.54) is 0 Å². The molecule has 1 heterocycles. The molecule has 4 nitrogen and oxygen atoms in total. The maximum Gasteiger partial charge on any atom is 0.176 e. The van der Waals surface area contributed by atoms with Gasteiger partial charge >= 0.3 is 0 Å². The minimum absolute atomic E-state index is 0.511. The smallest absolute Gasteiger partial charge is 0.176 e. The van der Waals surface area contributed by atoms with E-state index in [4.69, 9.17) is 23.8 Å². The van der Waals surface area contributed by atoms with Gasteiger partial charge in [-0.05, 0) is 49.3 Å². The van der Waals surface area contributed by atoms with Crippen molar-refractivity contribution in [3.8, 4) is 0 Å². The van der Waals surface area contributed by atoms with Crippen molar-refractivity contribution >= 4 is 40.4 Å². The van der Waals surface area contributed by atoms with Gasteiger partial charge in [-0.3, -0.25) is 4.68 Å². The molecule has 0 unspecified atom stereocenters. The molecule has 0 aliphatic rings. The molecule has 3 rings (SSSR count). The second kappa shape index (κ2) is 7.68. The Morgan fingerprint density at radius 2 is 1.80 bits per heavy atom. The predicted octanol–water partition coefficient (Wildman–Crippen LogP) is 5.01. The Labute approximate surface area is 157 Å². The van der Waals surface area contributed by atoms with E-state index >= 15 is 0 Å². The molecule has 0 atom stereocenters. The summed E-state index contributed by atoms with van der Waals surface area (Å²) in [5.74, 6) is 0.704. The molecule has 2 aromatic carbocycles. The van der Waals surface area contributed by atoms with Gasteiger partial charge in [-0.1, -0.05) is 48.0 Å². The highest BCUT2D eigenvalue weighted by Gasteiger charge is 2.08. The van der Waals surface area contributed by atoms with Crippen molar-refractivity contribution in [2.45, 2.75) is 20.4 Å². The summed E-state index contributed by atoms with van der Waals surface area (Å²) in [4.78, 5) is 0. The van der Waals surface area contributed by atoms with Gasteiger partial charge in [-0.25, -0.2) is 0 Å². The second-order valence-electron chi connectivity index (χ2n) is 5.81. The fraction of sp³-hybridized carbons (Fsp3) is 0.158. The molecule has 0 spiro atoms. The van der Waals surface area contributed by atoms with E-state index in [0.29, 0.717) is 17.5 Å². The highest BCUT2D eigenvalue weighted by atomic mass is 35.5. The average Bonchev–Trinajstić information content (AvgIpc) is 2.91. The third-order valence-electron chi connectivity index (χ3n) is 3.89. The van der Waals surface area contributed by atoms with Gasteiger partial charge in [0.1, 0.15) is 0 Å². The minimum atomic E-state index is 0.511. The molecule has 25 heavy (non-hydrogen) atoms. The zero-order valence-electron chi connectivity index (χ0n) is 14.1. The first-order chi connectivity index (χ1) is 12.0. The summed E-state index contributed by atoms with van der Waals surface area (Å²) in [6.07, 6.45) is 0. The molecule has 0 saturated heterocycles. The number of nitrogens with one attached hydrogen (secondary N) is 2. The summed E-state index contributed by atoms with van der Waals surface area (Å²) in [5.41, 5.74) is 4.17. The lowest BCUT2D eigenvalue weighted by atomic mass is 10.2. The van der Waals surface area contributed by atoms with Crippen LogP contribution in [0.5, 0.6) is 0 Å². The van der Waals surface area contributed by atoms with Crippen molar-refractivity contribution in [3.05, 3.63) is 76.4 Å². The molecule has 0 aliphatic carbocycles. The van der Waals surface area contributed by atoms with Crippen molar-refractivity contribution in [2.75, 3.05) is 10.6 Å². The number of thiocarbonyl (C=S) groups is 1. The van der Waals surface area contributed by atoms with Gasteiger partial charge in [0.05, 0.1) is 6.54 Å². The van der Waals surface area contributed by atoms with Crippen molar-refractivity contribution < 1.29 is 0 Å². The van der Waals surface area contributed by atoms with Crippen LogP contribution >= 0.6 is 23.8 Å². The first-order valence-electron chi connectivity index (χ1n) is 7.94. The molecule has 0 aliphatic heterocycles. The number of aromatic nitrogens is 2. The number of nitrogens with zero attached hydrogens (tertiary/aromatic N) is 2. The van der Waals surface area contributed by atoms with E-state index in [-0.39, 0.29) is 0 Å². The lowest BCUT2D eigenvalue weighted by Crippen LogP contribution is -2.20. The van der Waals surface area contributed by atoms with Crippen LogP contribution < -0.4 is 10.6 Å². The summed E-state index contributed by atoms with van der Waals surface area (Å²) in [6, 6.07) is 17.7. The molecule has 2 N–H and O–H groups in total. The molecule has 128 valence electrons. The molecule has 0 bridgehead atoms. The largest absolute Gasteiger partial charge is 0.332 e. The van der Waals surface area contributed by atoms with E-state index in [9.17, 15) is 0 Å². The number of rotatable bonds is 4. The third kappa shape index (κ3) is 4.38. The second-order valence-corrected chi connectivity index (χ2v) is 6.63. The highest BCUT2D eigenvalue weighted by molar-refractivity contribution is 7.80. The lowest BCUT2D eigenvalue weighted by molar-refractivity contribution is 0.668. The number of anilines is 2. The van der Waals surface area contributed by atoms with Crippen LogP contribution in [0.1, 0.15) is 16.8 Å². The van der Waals surface area contributed by atoms with Crippen LogP contribution in [-0.2, 0) is 6.54 Å². The van der Waals surface area contributed by atoms with Crippen LogP contribution in [0, 0.1) is 13.8 Å². The Hall–Kier alpha value is -2.37. The Morgan fingerprint density at radius 1 is 1.08 bits per heavy atom. The SMILES string of the molecule is Cc1ccccc1NC(=S)Nc1cc(C)n(Cc2ccccc2Cl)n1. The van der Waals surface area contributed by atoms with Crippen LogP contribution in [0.2, 0.25) is 5.02 Å². The molecule has 0 amide bonds. The van der Waals surface area contributed by atoms with Crippen LogP contribution in [-0.4, -0.2) is 14.9 Å². The van der Waals surface area contributed by atoms with Crippen molar-refractivity contribution in [1.29, 1.82) is 0 Å². The van der Waals surface area contributed by atoms with Crippen LogP contribution in [0.3, 0.4) is 0 Å². The fourth-order valence-electron chi connectivity index (χ4n) is 2.50. The normalized spacial score (nSPS) is 10.5. The van der Waals surface area contributed by atoms with Crippen LogP contribution in [0.25, 0.3) is 0 Å². The number of hydrogen-bond acceptors (Lipinski definition) is 2. The summed E-state index contributed by atoms with van der Waals surface area (Å²) >= 11 is 11.6. The minimum Gasteiger partial charge on any atom is -0.332 e. The first-order valence-corrected chi connectivity index (χ1v) is 8.73. The van der Waals surface area contributed by atoms with Gasteiger partial charge in [0, 0.05) is 22.5 Å². The Kier molecular flexibility index (Phi) is 5.36. The molecule has 0 radical (unpaired) electrons. The highest BCUT2D eigenvalue weighted by Crippen LogP contribution is 2.18. The number of hydrogen-bond donors (Lipinski definition) is 2. The zero-order valence-corrected chi connectivity index (χ0v) is 15.7. The first kappa shape index (κ1) is 17.5. The monoisotopic (exact) mass is 370 g/mol. The van der Waals surface area contributed by atoms with E-state index in [1.54, 1.807) is 0 Å². The van der Waals surface area contributed by atoms with Gasteiger partial charge < -0.3 is 10.6 Å². The van der Waals surface area contributed by atoms with E-state index < -0.39 is 0 Å². The number of benzene rings is 2. The Balaban J connectivity index is 1.69. The molecule has 6 heteroatoms. The molecule has 0 saturated carbocycles. The van der Waals surface area contributed by atoms with Crippen LogP contribution in [0.4, 0.5) is 11.5 Å². The third-order valence-corrected chi connectivity index (χ3v) is 4.47. The summed E-state index contributed by atoms with van der Waals surface area (Å²) < 4.78 is 1.90. The summed E-state index contributed by atoms with van der Waals surface area (Å²) in [6.45, 7) is 4.66. The topological polar surface area (TPSA) is 41.9 Å². The molecular formula is C19H19ClN4S. The van der Waals surface area contributed by atoms with E-state index in [2.05, 4.69) is 15.7 Å². The molecule has 1 aromatic heterocycles. The van der Waals surface area contributed by atoms with Gasteiger partial charge in [0.25, 0.3) is 0 Å². The summed E-state index contributed by atoms with van der Waals surface area (Å²) in [7, 11) is 0. The van der Waals surface area contributed by atoms with Gasteiger partial charge in [0.2, 0.25) is 0 Å². The molecule has 3 aromatic rings. The number of para-hydroxylation sites is 1. The fourth-order valence-corrected chi connectivity index (χ4v) is 2.91. The number of halogens is 1. The van der Waals surface area contributed by atoms with Gasteiger partial charge in [-0.15, -0.1) is 0 Å². The van der Waals surface area contributed by atoms with Gasteiger partial charge in [0.15, 0.2) is 10.9 Å². The lowest BCUT2D eigenvalue weighted by Gasteiger charge is -2.10. The van der Waals surface area contributed by atoms with Crippen LogP contribution in [0.15, 0.2) is 54.6 Å². The maximum atomic E-state index is 6.24. The molecule has 0 fully saturated rings. The average molecular weight is 371 g/mol. The maximum absolute atomic E-state index is 6.24. The Bertz CT molecular complexity index is 904. The van der Waals surface area contributed by atoms with E-state index in [0.717, 1.165) is 27.5 Å². The number of aryl methyl sites for hydroxylation is 2. The van der Waals surface area contributed by atoms with Crippen molar-refractivity contribution in [3.63, 3.8) is 0 Å². The Morgan fingerprint density at radius 3 is 2.56 bits per heavy atom. The zero-order chi connectivity index (χ0) is 17.8. The summed E-state index contributed by atoms with van der Waals surface area (Å²) in [5, 5.41) is 12.2. The van der Waals surface area contributed by atoms with E-state index in [1.807, 2.05) is 73.1 Å².